The van der Waals surface area contributed by atoms with Crippen LogP contribution in [0.1, 0.15) is 40.8 Å². The molecule has 1 N–H and O–H groups in total. The molecule has 1 unspecified atom stereocenters. The number of pyridine rings is 1. The van der Waals surface area contributed by atoms with Crippen molar-refractivity contribution in [2.45, 2.75) is 37.0 Å². The Morgan fingerprint density at radius 2 is 1.31 bits per heavy atom. The number of nitrogens with zero attached hydrogens (tertiary/aromatic N) is 5. The molecule has 0 aliphatic carbocycles. The highest BCUT2D eigenvalue weighted by Crippen LogP contribution is 2.50. The average molecular weight is 778 g/mol. The van der Waals surface area contributed by atoms with Crippen LogP contribution in [0.15, 0.2) is 158 Å². The zero-order valence-electron chi connectivity index (χ0n) is 31.3. The number of likely N-dealkylation sites (tertiary alicyclic amines) is 1. The number of carbonyl (C=O) groups excluding carboxylic acids is 1. The van der Waals surface area contributed by atoms with Crippen LogP contribution in [0.5, 0.6) is 0 Å². The molecule has 2 atom stereocenters. The van der Waals surface area contributed by atoms with Crippen LogP contribution in [0.4, 0.5) is 23.7 Å². The number of benzene rings is 5. The fourth-order valence-corrected chi connectivity index (χ4v) is 9.27. The van der Waals surface area contributed by atoms with Gasteiger partial charge in [-0.15, -0.1) is 0 Å². The van der Waals surface area contributed by atoms with Crippen molar-refractivity contribution in [1.29, 1.82) is 0 Å². The number of carbonyl (C=O) groups is 2. The highest BCUT2D eigenvalue weighted by molar-refractivity contribution is 6.04. The molecule has 4 heterocycles. The largest absolute Gasteiger partial charge is 0.465 e. The van der Waals surface area contributed by atoms with E-state index in [2.05, 4.69) is 4.98 Å². The van der Waals surface area contributed by atoms with Crippen LogP contribution in [0, 0.1) is 5.41 Å². The maximum atomic E-state index is 14.8. The summed E-state index contributed by atoms with van der Waals surface area (Å²) in [5, 5.41) is 16.0. The molecule has 0 saturated carbocycles. The minimum atomic E-state index is -4.70. The lowest BCUT2D eigenvalue weighted by molar-refractivity contribution is -0.141. The summed E-state index contributed by atoms with van der Waals surface area (Å²) in [6.45, 7) is 0.592. The number of amides is 2. The van der Waals surface area contributed by atoms with Gasteiger partial charge in [-0.05, 0) is 71.8 Å². The second-order valence-electron chi connectivity index (χ2n) is 15.0. The summed E-state index contributed by atoms with van der Waals surface area (Å²) >= 11 is 0. The number of rotatable bonds is 8. The number of aromatic nitrogens is 3. The zero-order chi connectivity index (χ0) is 40.1. The molecule has 5 aromatic carbocycles. The fraction of sp³-hybridized carbons (Fsp3) is 0.191. The van der Waals surface area contributed by atoms with Crippen LogP contribution in [-0.4, -0.2) is 55.9 Å². The topological polar surface area (TPSA) is 91.6 Å². The maximum Gasteiger partial charge on any atom is 0.433 e. The van der Waals surface area contributed by atoms with Gasteiger partial charge in [0.1, 0.15) is 16.9 Å². The Hall–Kier alpha value is -6.75. The van der Waals surface area contributed by atoms with Gasteiger partial charge >= 0.3 is 12.3 Å². The molecular formula is C47H38F3N5O3. The number of hydrogen-bond acceptors (Lipinski definition) is 4. The Labute approximate surface area is 332 Å². The second-order valence-corrected chi connectivity index (χ2v) is 15.0. The molecule has 0 bridgehead atoms. The lowest BCUT2D eigenvalue weighted by Crippen LogP contribution is -2.47. The van der Waals surface area contributed by atoms with Gasteiger partial charge in [-0.3, -0.25) is 9.78 Å². The molecule has 290 valence electrons. The van der Waals surface area contributed by atoms with Gasteiger partial charge < -0.3 is 14.9 Å². The van der Waals surface area contributed by atoms with Gasteiger partial charge in [0.2, 0.25) is 5.91 Å². The molecule has 11 heteroatoms. The SMILES string of the molecule is O=C(O)N1CCC2(CCN(c3ccc4c(c3)c(-c3ccnc(C(F)(F)F)c3)nn4C(c3ccccc3)(c3ccccc3)c3ccccc3)C2=O)[C@H]1Cc1ccccc1. The molecule has 2 aromatic heterocycles. The van der Waals surface area contributed by atoms with Crippen LogP contribution in [0.25, 0.3) is 22.2 Å². The Kier molecular flexibility index (Phi) is 9.10. The molecule has 58 heavy (non-hydrogen) atoms. The van der Waals surface area contributed by atoms with Crippen LogP contribution >= 0.6 is 0 Å². The fourth-order valence-electron chi connectivity index (χ4n) is 9.27. The van der Waals surface area contributed by atoms with Crippen LogP contribution in [0.2, 0.25) is 0 Å². The summed E-state index contributed by atoms with van der Waals surface area (Å²) in [5.41, 5.74) is 2.18. The first-order valence-corrected chi connectivity index (χ1v) is 19.2. The number of hydrogen-bond donors (Lipinski definition) is 1. The van der Waals surface area contributed by atoms with Crippen molar-refractivity contribution in [2.24, 2.45) is 5.41 Å². The van der Waals surface area contributed by atoms with E-state index in [-0.39, 0.29) is 23.7 Å². The third kappa shape index (κ3) is 6.00. The summed E-state index contributed by atoms with van der Waals surface area (Å²) in [6, 6.07) is 46.8. The number of halogens is 3. The summed E-state index contributed by atoms with van der Waals surface area (Å²) in [7, 11) is 0. The molecule has 1 spiro atoms. The third-order valence-corrected chi connectivity index (χ3v) is 12.0. The van der Waals surface area contributed by atoms with Gasteiger partial charge in [0.25, 0.3) is 0 Å². The standard InChI is InChI=1S/C47H38F3N5O3/c48-47(49,50)40-30-33(23-26-51-40)42-38-31-37(53-27-24-45(43(53)56)25-28-54(44(57)58)41(45)29-32-13-5-1-6-14-32)21-22-39(38)55(52-42)46(34-15-7-2-8-16-34,35-17-9-3-10-18-35)36-19-11-4-12-20-36/h1-23,26,30-31,41H,24-25,27-29H2,(H,57,58)/t41-,45?/m1/s1. The molecule has 9 rings (SSSR count). The summed E-state index contributed by atoms with van der Waals surface area (Å²) in [5.74, 6) is -0.166. The van der Waals surface area contributed by atoms with Crippen LogP contribution in [0.3, 0.4) is 0 Å². The van der Waals surface area contributed by atoms with E-state index in [9.17, 15) is 27.9 Å². The molecule has 2 aliphatic rings. The first kappa shape index (κ1) is 36.9. The number of carboxylic acid groups (broad SMARTS) is 1. The van der Waals surface area contributed by atoms with E-state index >= 15 is 0 Å². The van der Waals surface area contributed by atoms with Gasteiger partial charge in [-0.2, -0.15) is 18.3 Å². The third-order valence-electron chi connectivity index (χ3n) is 12.0. The van der Waals surface area contributed by atoms with Gasteiger partial charge in [-0.1, -0.05) is 121 Å². The van der Waals surface area contributed by atoms with E-state index in [1.165, 1.54) is 11.0 Å². The van der Waals surface area contributed by atoms with Crippen LogP contribution in [-0.2, 0) is 22.9 Å². The smallest absolute Gasteiger partial charge is 0.433 e. The highest BCUT2D eigenvalue weighted by atomic mass is 19.4. The number of alkyl halides is 3. The monoisotopic (exact) mass is 777 g/mol. The van der Waals surface area contributed by atoms with Crippen molar-refractivity contribution in [3.63, 3.8) is 0 Å². The van der Waals surface area contributed by atoms with E-state index in [4.69, 9.17) is 5.10 Å². The van der Waals surface area contributed by atoms with Crippen molar-refractivity contribution in [2.75, 3.05) is 18.0 Å². The first-order valence-electron chi connectivity index (χ1n) is 19.2. The van der Waals surface area contributed by atoms with Crippen LogP contribution < -0.4 is 4.90 Å². The molecule has 2 amide bonds. The van der Waals surface area contributed by atoms with Gasteiger partial charge in [-0.25, -0.2) is 9.48 Å². The van der Waals surface area contributed by atoms with Crippen molar-refractivity contribution in [3.05, 3.63) is 186 Å². The second kappa shape index (κ2) is 14.3. The van der Waals surface area contributed by atoms with E-state index < -0.39 is 35.0 Å². The van der Waals surface area contributed by atoms with Gasteiger partial charge in [0.05, 0.1) is 17.0 Å². The molecule has 2 fully saturated rings. The normalized spacial score (nSPS) is 18.4. The quantitative estimate of drug-likeness (QED) is 0.155. The molecule has 8 nitrogen and oxygen atoms in total. The zero-order valence-corrected chi connectivity index (χ0v) is 31.3. The summed E-state index contributed by atoms with van der Waals surface area (Å²) in [6.07, 6.45) is -3.37. The molecule has 7 aromatic rings. The predicted molar refractivity (Wildman–Crippen MR) is 215 cm³/mol. The first-order chi connectivity index (χ1) is 28.1. The Bertz CT molecular complexity index is 2520. The van der Waals surface area contributed by atoms with E-state index in [0.717, 1.165) is 34.5 Å². The van der Waals surface area contributed by atoms with E-state index in [1.54, 1.807) is 4.90 Å². The van der Waals surface area contributed by atoms with E-state index in [1.807, 2.05) is 144 Å². The summed E-state index contributed by atoms with van der Waals surface area (Å²) < 4.78 is 44.4. The highest BCUT2D eigenvalue weighted by Gasteiger charge is 2.58. The molecule has 2 aliphatic heterocycles. The van der Waals surface area contributed by atoms with Gasteiger partial charge in [0, 0.05) is 35.9 Å². The molecular weight excluding hydrogens is 740 g/mol. The maximum absolute atomic E-state index is 14.8. The average Bonchev–Trinajstić information content (AvgIpc) is 3.92. The lowest BCUT2D eigenvalue weighted by atomic mass is 9.76. The minimum Gasteiger partial charge on any atom is -0.465 e. The lowest BCUT2D eigenvalue weighted by Gasteiger charge is -2.37. The predicted octanol–water partition coefficient (Wildman–Crippen LogP) is 9.68. The molecule has 2 saturated heterocycles. The van der Waals surface area contributed by atoms with Gasteiger partial charge in [0.15, 0.2) is 0 Å². The van der Waals surface area contributed by atoms with Crippen molar-refractivity contribution < 1.29 is 27.9 Å². The number of anilines is 1. The van der Waals surface area contributed by atoms with Crippen molar-refractivity contribution in [3.8, 4) is 11.3 Å². The Morgan fingerprint density at radius 1 is 0.741 bits per heavy atom. The Balaban J connectivity index is 1.25. The van der Waals surface area contributed by atoms with Crippen molar-refractivity contribution in [1.82, 2.24) is 19.7 Å². The minimum absolute atomic E-state index is 0.166. The summed E-state index contributed by atoms with van der Waals surface area (Å²) in [4.78, 5) is 34.1. The molecule has 0 radical (unpaired) electrons. The van der Waals surface area contributed by atoms with E-state index in [0.29, 0.717) is 42.4 Å². The van der Waals surface area contributed by atoms with Crippen molar-refractivity contribution >= 4 is 28.6 Å². The number of fused-ring (bicyclic) bond motifs is 1. The Morgan fingerprint density at radius 3 is 1.88 bits per heavy atom.